The lowest BCUT2D eigenvalue weighted by Crippen LogP contribution is -2.39. The number of hydrogen-bond acceptors (Lipinski definition) is 5. The van der Waals surface area contributed by atoms with Crippen molar-refractivity contribution in [3.05, 3.63) is 53.1 Å². The van der Waals surface area contributed by atoms with Crippen LogP contribution in [-0.2, 0) is 16.1 Å². The standard InChI is InChI=1S/C21H27NO4/c1-6-24-20(23)21(4,5)26-18-10-9-17(11-15(18)3)25-19-12-16(13-22)8-7-14(19)2/h7-12H,6,13,22H2,1-5H3. The Morgan fingerprint density at radius 3 is 2.38 bits per heavy atom. The number of carbonyl (C=O) groups is 1. The highest BCUT2D eigenvalue weighted by Crippen LogP contribution is 2.31. The molecule has 2 aromatic carbocycles. The van der Waals surface area contributed by atoms with E-state index in [0.29, 0.717) is 24.7 Å². The first kappa shape index (κ1) is 19.8. The van der Waals surface area contributed by atoms with E-state index >= 15 is 0 Å². The van der Waals surface area contributed by atoms with Gasteiger partial charge in [-0.25, -0.2) is 4.79 Å². The largest absolute Gasteiger partial charge is 0.476 e. The van der Waals surface area contributed by atoms with Gasteiger partial charge in [-0.1, -0.05) is 12.1 Å². The first-order valence-corrected chi connectivity index (χ1v) is 8.71. The molecule has 0 aliphatic rings. The van der Waals surface area contributed by atoms with Crippen molar-refractivity contribution in [2.24, 2.45) is 5.73 Å². The van der Waals surface area contributed by atoms with E-state index in [0.717, 1.165) is 22.4 Å². The van der Waals surface area contributed by atoms with E-state index in [1.807, 2.05) is 44.2 Å². The lowest BCUT2D eigenvalue weighted by molar-refractivity contribution is -0.158. The van der Waals surface area contributed by atoms with Crippen LogP contribution in [0.1, 0.15) is 37.5 Å². The van der Waals surface area contributed by atoms with Gasteiger partial charge in [0.2, 0.25) is 0 Å². The van der Waals surface area contributed by atoms with Crippen molar-refractivity contribution in [3.8, 4) is 17.2 Å². The average molecular weight is 357 g/mol. The van der Waals surface area contributed by atoms with Crippen molar-refractivity contribution >= 4 is 5.97 Å². The number of aryl methyl sites for hydroxylation is 2. The molecule has 0 aromatic heterocycles. The summed E-state index contributed by atoms with van der Waals surface area (Å²) in [5.41, 5.74) is 7.55. The summed E-state index contributed by atoms with van der Waals surface area (Å²) in [6.07, 6.45) is 0. The third kappa shape index (κ3) is 4.76. The van der Waals surface area contributed by atoms with Crippen LogP contribution in [0.25, 0.3) is 0 Å². The Balaban J connectivity index is 2.18. The summed E-state index contributed by atoms with van der Waals surface area (Å²) in [6.45, 7) is 9.83. The van der Waals surface area contributed by atoms with Crippen LogP contribution < -0.4 is 15.2 Å². The molecule has 0 fully saturated rings. The highest BCUT2D eigenvalue weighted by molar-refractivity contribution is 5.79. The number of carbonyl (C=O) groups excluding carboxylic acids is 1. The third-order valence-corrected chi connectivity index (χ3v) is 3.99. The fraction of sp³-hybridized carbons (Fsp3) is 0.381. The second-order valence-corrected chi connectivity index (χ2v) is 6.67. The van der Waals surface area contributed by atoms with Crippen LogP contribution >= 0.6 is 0 Å². The van der Waals surface area contributed by atoms with Gasteiger partial charge in [-0.2, -0.15) is 0 Å². The molecule has 0 spiro atoms. The molecule has 5 nitrogen and oxygen atoms in total. The molecule has 0 heterocycles. The van der Waals surface area contributed by atoms with E-state index in [4.69, 9.17) is 19.9 Å². The predicted molar refractivity (Wildman–Crippen MR) is 102 cm³/mol. The maximum Gasteiger partial charge on any atom is 0.349 e. The van der Waals surface area contributed by atoms with E-state index in [1.54, 1.807) is 26.8 Å². The van der Waals surface area contributed by atoms with Gasteiger partial charge in [-0.15, -0.1) is 0 Å². The van der Waals surface area contributed by atoms with Gasteiger partial charge in [0.05, 0.1) is 6.61 Å². The molecule has 2 N–H and O–H groups in total. The Morgan fingerprint density at radius 1 is 1.04 bits per heavy atom. The zero-order valence-corrected chi connectivity index (χ0v) is 16.1. The number of rotatable bonds is 7. The Labute approximate surface area is 155 Å². The zero-order valence-electron chi connectivity index (χ0n) is 16.1. The van der Waals surface area contributed by atoms with Crippen LogP contribution in [0, 0.1) is 13.8 Å². The first-order chi connectivity index (χ1) is 12.3. The van der Waals surface area contributed by atoms with Crippen LogP contribution in [0.5, 0.6) is 17.2 Å². The van der Waals surface area contributed by atoms with E-state index < -0.39 is 11.6 Å². The SMILES string of the molecule is CCOC(=O)C(C)(C)Oc1ccc(Oc2cc(CN)ccc2C)cc1C. The van der Waals surface area contributed by atoms with Crippen molar-refractivity contribution in [3.63, 3.8) is 0 Å². The molecule has 140 valence electrons. The summed E-state index contributed by atoms with van der Waals surface area (Å²) in [6, 6.07) is 11.4. The molecule has 26 heavy (non-hydrogen) atoms. The normalized spacial score (nSPS) is 11.2. The van der Waals surface area contributed by atoms with Gasteiger partial charge < -0.3 is 19.9 Å². The average Bonchev–Trinajstić information content (AvgIpc) is 2.59. The minimum Gasteiger partial charge on any atom is -0.476 e. The summed E-state index contributed by atoms with van der Waals surface area (Å²) in [7, 11) is 0. The quantitative estimate of drug-likeness (QED) is 0.749. The summed E-state index contributed by atoms with van der Waals surface area (Å²) >= 11 is 0. The summed E-state index contributed by atoms with van der Waals surface area (Å²) in [4.78, 5) is 12.0. The van der Waals surface area contributed by atoms with Crippen LogP contribution in [0.15, 0.2) is 36.4 Å². The van der Waals surface area contributed by atoms with Gasteiger partial charge in [-0.05, 0) is 75.6 Å². The number of benzene rings is 2. The van der Waals surface area contributed by atoms with Crippen molar-refractivity contribution in [2.75, 3.05) is 6.61 Å². The Morgan fingerprint density at radius 2 is 1.77 bits per heavy atom. The van der Waals surface area contributed by atoms with Gasteiger partial charge in [0, 0.05) is 6.54 Å². The number of ether oxygens (including phenoxy) is 3. The van der Waals surface area contributed by atoms with Gasteiger partial charge in [0.25, 0.3) is 0 Å². The highest BCUT2D eigenvalue weighted by Gasteiger charge is 2.32. The van der Waals surface area contributed by atoms with Gasteiger partial charge in [0.1, 0.15) is 17.2 Å². The molecule has 0 aliphatic carbocycles. The highest BCUT2D eigenvalue weighted by atomic mass is 16.6. The second kappa shape index (κ2) is 8.23. The fourth-order valence-corrected chi connectivity index (χ4v) is 2.43. The van der Waals surface area contributed by atoms with Gasteiger partial charge in [0.15, 0.2) is 5.60 Å². The molecule has 0 unspecified atom stereocenters. The lowest BCUT2D eigenvalue weighted by Gasteiger charge is -2.25. The molecule has 0 amide bonds. The molecule has 0 bridgehead atoms. The molecular weight excluding hydrogens is 330 g/mol. The van der Waals surface area contributed by atoms with E-state index in [1.165, 1.54) is 0 Å². The maximum atomic E-state index is 12.0. The molecule has 2 aromatic rings. The molecule has 0 radical (unpaired) electrons. The van der Waals surface area contributed by atoms with Gasteiger partial charge >= 0.3 is 5.97 Å². The van der Waals surface area contributed by atoms with Crippen molar-refractivity contribution < 1.29 is 19.0 Å². The lowest BCUT2D eigenvalue weighted by atomic mass is 10.1. The molecule has 0 aliphatic heterocycles. The van der Waals surface area contributed by atoms with Crippen LogP contribution in [0.2, 0.25) is 0 Å². The first-order valence-electron chi connectivity index (χ1n) is 8.71. The van der Waals surface area contributed by atoms with Crippen molar-refractivity contribution in [1.29, 1.82) is 0 Å². The number of nitrogens with two attached hydrogens (primary N) is 1. The smallest absolute Gasteiger partial charge is 0.349 e. The molecule has 2 rings (SSSR count). The minimum atomic E-state index is -1.06. The monoisotopic (exact) mass is 357 g/mol. The Bertz CT molecular complexity index is 784. The number of hydrogen-bond donors (Lipinski definition) is 1. The molecule has 0 saturated heterocycles. The Kier molecular flexibility index (Phi) is 6.27. The zero-order chi connectivity index (χ0) is 19.3. The maximum absolute atomic E-state index is 12.0. The minimum absolute atomic E-state index is 0.318. The Hall–Kier alpha value is -2.53. The summed E-state index contributed by atoms with van der Waals surface area (Å²) in [5.74, 6) is 1.69. The van der Waals surface area contributed by atoms with Crippen molar-refractivity contribution in [1.82, 2.24) is 0 Å². The third-order valence-electron chi connectivity index (χ3n) is 3.99. The van der Waals surface area contributed by atoms with Crippen LogP contribution in [-0.4, -0.2) is 18.2 Å². The van der Waals surface area contributed by atoms with Crippen LogP contribution in [0.3, 0.4) is 0 Å². The molecule has 0 atom stereocenters. The second-order valence-electron chi connectivity index (χ2n) is 6.67. The molecule has 5 heteroatoms. The summed E-state index contributed by atoms with van der Waals surface area (Å²) < 4.78 is 16.9. The van der Waals surface area contributed by atoms with Gasteiger partial charge in [-0.3, -0.25) is 0 Å². The van der Waals surface area contributed by atoms with Crippen LogP contribution in [0.4, 0.5) is 0 Å². The van der Waals surface area contributed by atoms with E-state index in [-0.39, 0.29) is 0 Å². The number of esters is 1. The molecule has 0 saturated carbocycles. The van der Waals surface area contributed by atoms with Crippen molar-refractivity contribution in [2.45, 2.75) is 46.8 Å². The fourth-order valence-electron chi connectivity index (χ4n) is 2.43. The predicted octanol–water partition coefficient (Wildman–Crippen LogP) is 4.27. The topological polar surface area (TPSA) is 70.8 Å². The molecular formula is C21H27NO4. The van der Waals surface area contributed by atoms with E-state index in [2.05, 4.69) is 0 Å². The summed E-state index contributed by atoms with van der Waals surface area (Å²) in [5, 5.41) is 0. The van der Waals surface area contributed by atoms with E-state index in [9.17, 15) is 4.79 Å².